The van der Waals surface area contributed by atoms with E-state index in [1.165, 1.54) is 0 Å². The van der Waals surface area contributed by atoms with Crippen molar-refractivity contribution in [3.8, 4) is 0 Å². The number of hydrogen-bond donors (Lipinski definition) is 2. The molecule has 0 fully saturated rings. The number of nitrogens with one attached hydrogen (secondary N) is 1. The third-order valence-electron chi connectivity index (χ3n) is 2.16. The van der Waals surface area contributed by atoms with E-state index in [4.69, 9.17) is 18.0 Å². The molecular formula is C11H10BrN3S2. The Morgan fingerprint density at radius 3 is 3.00 bits per heavy atom. The first-order valence-corrected chi connectivity index (χ1v) is 6.96. The van der Waals surface area contributed by atoms with Gasteiger partial charge in [-0.05, 0) is 18.2 Å². The monoisotopic (exact) mass is 327 g/mol. The lowest BCUT2D eigenvalue weighted by Crippen LogP contribution is -2.13. The van der Waals surface area contributed by atoms with Crippen LogP contribution < -0.4 is 11.1 Å². The van der Waals surface area contributed by atoms with E-state index in [1.807, 2.05) is 23.6 Å². The molecule has 0 aliphatic carbocycles. The standard InChI is InChI=1S/C11H10BrN3S2/c12-7-1-2-8(11(13)16)9(5-7)15-6-10-14-3-4-17-10/h1-5,15H,6H2,(H2,13,16). The highest BCUT2D eigenvalue weighted by atomic mass is 79.9. The number of nitrogens with two attached hydrogens (primary N) is 1. The average Bonchev–Trinajstić information content (AvgIpc) is 2.78. The highest BCUT2D eigenvalue weighted by molar-refractivity contribution is 9.10. The van der Waals surface area contributed by atoms with Gasteiger partial charge in [0.1, 0.15) is 10.00 Å². The molecule has 3 N–H and O–H groups in total. The van der Waals surface area contributed by atoms with Gasteiger partial charge in [0.05, 0.1) is 6.54 Å². The number of hydrogen-bond acceptors (Lipinski definition) is 4. The zero-order valence-corrected chi connectivity index (χ0v) is 12.0. The van der Waals surface area contributed by atoms with E-state index in [1.54, 1.807) is 17.5 Å². The lowest BCUT2D eigenvalue weighted by molar-refractivity contribution is 1.10. The third kappa shape index (κ3) is 3.24. The van der Waals surface area contributed by atoms with Gasteiger partial charge >= 0.3 is 0 Å². The summed E-state index contributed by atoms with van der Waals surface area (Å²) in [6, 6.07) is 5.78. The summed E-state index contributed by atoms with van der Waals surface area (Å²) < 4.78 is 0.985. The largest absolute Gasteiger partial charge is 0.389 e. The van der Waals surface area contributed by atoms with Crippen LogP contribution in [0.2, 0.25) is 0 Å². The van der Waals surface area contributed by atoms with Crippen molar-refractivity contribution in [1.82, 2.24) is 4.98 Å². The molecule has 6 heteroatoms. The zero-order chi connectivity index (χ0) is 12.3. The van der Waals surface area contributed by atoms with Gasteiger partial charge in [0, 0.05) is 27.3 Å². The van der Waals surface area contributed by atoms with Gasteiger partial charge in [-0.1, -0.05) is 28.1 Å². The van der Waals surface area contributed by atoms with Crippen LogP contribution in [0.1, 0.15) is 10.6 Å². The fourth-order valence-corrected chi connectivity index (χ4v) is 2.48. The molecule has 0 saturated carbocycles. The van der Waals surface area contributed by atoms with Crippen LogP contribution in [0.4, 0.5) is 5.69 Å². The maximum absolute atomic E-state index is 5.68. The molecule has 0 aliphatic rings. The molecule has 0 radical (unpaired) electrons. The van der Waals surface area contributed by atoms with Gasteiger partial charge < -0.3 is 11.1 Å². The summed E-state index contributed by atoms with van der Waals surface area (Å²) in [6.07, 6.45) is 1.79. The van der Waals surface area contributed by atoms with E-state index in [0.29, 0.717) is 11.5 Å². The summed E-state index contributed by atoms with van der Waals surface area (Å²) in [7, 11) is 0. The number of thiocarbonyl (C=S) groups is 1. The predicted octanol–water partition coefficient (Wildman–Crippen LogP) is 3.15. The maximum atomic E-state index is 5.68. The van der Waals surface area contributed by atoms with Crippen LogP contribution in [0.15, 0.2) is 34.2 Å². The van der Waals surface area contributed by atoms with E-state index >= 15 is 0 Å². The summed E-state index contributed by atoms with van der Waals surface area (Å²) in [5, 5.41) is 6.27. The molecule has 2 rings (SSSR count). The van der Waals surface area contributed by atoms with Crippen molar-refractivity contribution < 1.29 is 0 Å². The minimum atomic E-state index is 0.388. The summed E-state index contributed by atoms with van der Waals surface area (Å²) in [6.45, 7) is 0.670. The van der Waals surface area contributed by atoms with Crippen molar-refractivity contribution in [1.29, 1.82) is 0 Å². The Bertz CT molecular complexity index is 526. The normalized spacial score (nSPS) is 10.2. The Hall–Kier alpha value is -0.980. The fraction of sp³-hybridized carbons (Fsp3) is 0.0909. The Kier molecular flexibility index (Phi) is 4.09. The fourth-order valence-electron chi connectivity index (χ4n) is 1.39. The lowest BCUT2D eigenvalue weighted by Gasteiger charge is -2.10. The van der Waals surface area contributed by atoms with Crippen molar-refractivity contribution in [2.24, 2.45) is 5.73 Å². The number of thiazole rings is 1. The zero-order valence-electron chi connectivity index (χ0n) is 8.81. The van der Waals surface area contributed by atoms with Gasteiger partial charge in [-0.2, -0.15) is 0 Å². The molecule has 0 spiro atoms. The molecule has 0 aliphatic heterocycles. The smallest absolute Gasteiger partial charge is 0.112 e. The summed E-state index contributed by atoms with van der Waals surface area (Å²) in [5.41, 5.74) is 7.44. The van der Waals surface area contributed by atoms with E-state index < -0.39 is 0 Å². The van der Waals surface area contributed by atoms with Gasteiger partial charge in [0.2, 0.25) is 0 Å². The SMILES string of the molecule is NC(=S)c1ccc(Br)cc1NCc1nccs1. The second kappa shape index (κ2) is 5.57. The minimum absolute atomic E-state index is 0.388. The number of anilines is 1. The van der Waals surface area contributed by atoms with E-state index in [9.17, 15) is 0 Å². The first-order valence-electron chi connectivity index (χ1n) is 4.88. The van der Waals surface area contributed by atoms with Crippen LogP contribution in [0.25, 0.3) is 0 Å². The van der Waals surface area contributed by atoms with Gasteiger partial charge in [-0.25, -0.2) is 4.98 Å². The van der Waals surface area contributed by atoms with Crippen molar-refractivity contribution in [3.63, 3.8) is 0 Å². The van der Waals surface area contributed by atoms with Gasteiger partial charge in [0.15, 0.2) is 0 Å². The number of benzene rings is 1. The maximum Gasteiger partial charge on any atom is 0.112 e. The average molecular weight is 328 g/mol. The van der Waals surface area contributed by atoms with Gasteiger partial charge in [0.25, 0.3) is 0 Å². The van der Waals surface area contributed by atoms with Crippen LogP contribution in [0, 0.1) is 0 Å². The van der Waals surface area contributed by atoms with E-state index in [2.05, 4.69) is 26.2 Å². The summed E-state index contributed by atoms with van der Waals surface area (Å²) in [4.78, 5) is 4.60. The summed E-state index contributed by atoms with van der Waals surface area (Å²) >= 11 is 10.1. The van der Waals surface area contributed by atoms with Crippen LogP contribution in [-0.2, 0) is 6.54 Å². The van der Waals surface area contributed by atoms with E-state index in [-0.39, 0.29) is 0 Å². The molecule has 0 unspecified atom stereocenters. The second-order valence-electron chi connectivity index (χ2n) is 3.33. The number of aromatic nitrogens is 1. The van der Waals surface area contributed by atoms with Crippen LogP contribution >= 0.6 is 39.5 Å². The molecule has 1 heterocycles. The summed E-state index contributed by atoms with van der Waals surface area (Å²) in [5.74, 6) is 0. The topological polar surface area (TPSA) is 50.9 Å². The molecule has 88 valence electrons. The van der Waals surface area contributed by atoms with Crippen molar-refractivity contribution in [3.05, 3.63) is 44.8 Å². The van der Waals surface area contributed by atoms with Crippen LogP contribution in [0.5, 0.6) is 0 Å². The third-order valence-corrected chi connectivity index (χ3v) is 3.65. The Morgan fingerprint density at radius 2 is 2.35 bits per heavy atom. The second-order valence-corrected chi connectivity index (χ2v) is 5.67. The molecular weight excluding hydrogens is 318 g/mol. The molecule has 1 aromatic carbocycles. The number of halogens is 1. The lowest BCUT2D eigenvalue weighted by atomic mass is 10.2. The van der Waals surface area contributed by atoms with E-state index in [0.717, 1.165) is 20.7 Å². The first kappa shape index (κ1) is 12.5. The highest BCUT2D eigenvalue weighted by Crippen LogP contribution is 2.22. The molecule has 3 nitrogen and oxygen atoms in total. The van der Waals surface area contributed by atoms with Gasteiger partial charge in [-0.3, -0.25) is 0 Å². The van der Waals surface area contributed by atoms with Crippen molar-refractivity contribution in [2.75, 3.05) is 5.32 Å². The van der Waals surface area contributed by atoms with Crippen molar-refractivity contribution in [2.45, 2.75) is 6.54 Å². The number of nitrogens with zero attached hydrogens (tertiary/aromatic N) is 1. The number of rotatable bonds is 4. The Morgan fingerprint density at radius 1 is 1.53 bits per heavy atom. The molecule has 17 heavy (non-hydrogen) atoms. The molecule has 1 aromatic heterocycles. The van der Waals surface area contributed by atoms with Crippen LogP contribution in [-0.4, -0.2) is 9.97 Å². The van der Waals surface area contributed by atoms with Crippen LogP contribution in [0.3, 0.4) is 0 Å². The molecule has 0 saturated heterocycles. The quantitative estimate of drug-likeness (QED) is 0.847. The predicted molar refractivity (Wildman–Crippen MR) is 79.5 cm³/mol. The molecule has 0 bridgehead atoms. The Labute approximate surface area is 117 Å². The minimum Gasteiger partial charge on any atom is -0.389 e. The molecule has 2 aromatic rings. The molecule has 0 atom stereocenters. The first-order chi connectivity index (χ1) is 8.16. The highest BCUT2D eigenvalue weighted by Gasteiger charge is 2.06. The molecule has 0 amide bonds. The Balaban J connectivity index is 2.19. The van der Waals surface area contributed by atoms with Crippen molar-refractivity contribution >= 4 is 50.2 Å². The van der Waals surface area contributed by atoms with Gasteiger partial charge in [-0.15, -0.1) is 11.3 Å².